The minimum atomic E-state index is -1.28. The largest absolute Gasteiger partial charge is 0.488 e. The van der Waals surface area contributed by atoms with Gasteiger partial charge in [-0.2, -0.15) is 0 Å². The zero-order chi connectivity index (χ0) is 32.2. The Morgan fingerprint density at radius 2 is 1.76 bits per heavy atom. The van der Waals surface area contributed by atoms with Crippen LogP contribution in [0.15, 0.2) is 59.1 Å². The van der Waals surface area contributed by atoms with Crippen molar-refractivity contribution in [1.29, 1.82) is 0 Å². The maximum atomic E-state index is 14.2. The van der Waals surface area contributed by atoms with Gasteiger partial charge in [0.2, 0.25) is 5.91 Å². The molecule has 12 nitrogen and oxygen atoms in total. The molecule has 3 N–H and O–H groups in total. The third-order valence-electron chi connectivity index (χ3n) is 8.42. The lowest BCUT2D eigenvalue weighted by Crippen LogP contribution is -2.55. The zero-order valence-corrected chi connectivity index (χ0v) is 26.7. The normalized spacial score (nSPS) is 17.7. The number of halogens is 1. The Labute approximate surface area is 269 Å². The number of nitrogens with one attached hydrogen (secondary N) is 1. The summed E-state index contributed by atoms with van der Waals surface area (Å²) in [5.74, 6) is -1.11. The highest BCUT2D eigenvalue weighted by atomic mass is 79.9. The van der Waals surface area contributed by atoms with Gasteiger partial charge in [0.15, 0.2) is 5.75 Å². The van der Waals surface area contributed by atoms with Crippen LogP contribution in [0.4, 0.5) is 10.5 Å². The molecule has 0 unspecified atom stereocenters. The van der Waals surface area contributed by atoms with Crippen molar-refractivity contribution >= 4 is 56.2 Å². The van der Waals surface area contributed by atoms with Crippen LogP contribution in [0, 0.1) is 0 Å². The van der Waals surface area contributed by atoms with Crippen LogP contribution in [0.2, 0.25) is 0 Å². The molecule has 2 atom stereocenters. The molecule has 0 bridgehead atoms. The Morgan fingerprint density at radius 1 is 1.04 bits per heavy atom. The van der Waals surface area contributed by atoms with E-state index in [-0.39, 0.29) is 31.4 Å². The lowest BCUT2D eigenvalue weighted by Gasteiger charge is -2.34. The molecular formula is C32H36BrN5O7. The molecule has 0 aromatic heterocycles. The lowest BCUT2D eigenvalue weighted by molar-refractivity contribution is -0.130. The van der Waals surface area contributed by atoms with E-state index < -0.39 is 30.0 Å². The number of carbonyl (C=O) groups is 4. The number of aliphatic hydroxyl groups is 1. The van der Waals surface area contributed by atoms with Crippen molar-refractivity contribution in [3.8, 4) is 5.75 Å². The Bertz CT molecular complexity index is 1610. The average molecular weight is 683 g/mol. The first-order valence-electron chi connectivity index (χ1n) is 14.7. The maximum Gasteiger partial charge on any atom is 0.407 e. The van der Waals surface area contributed by atoms with E-state index in [0.29, 0.717) is 44.0 Å². The van der Waals surface area contributed by atoms with E-state index in [1.54, 1.807) is 23.1 Å². The molecule has 238 valence electrons. The first-order valence-corrected chi connectivity index (χ1v) is 15.5. The first kappa shape index (κ1) is 32.2. The van der Waals surface area contributed by atoms with E-state index in [1.807, 2.05) is 36.4 Å². The van der Waals surface area contributed by atoms with Crippen LogP contribution in [-0.2, 0) is 16.1 Å². The summed E-state index contributed by atoms with van der Waals surface area (Å²) >= 11 is 3.60. The van der Waals surface area contributed by atoms with Gasteiger partial charge in [-0.25, -0.2) is 4.79 Å². The topological polar surface area (TPSA) is 143 Å². The second kappa shape index (κ2) is 13.8. The Morgan fingerprint density at radius 3 is 2.44 bits per heavy atom. The summed E-state index contributed by atoms with van der Waals surface area (Å²) in [5.41, 5.74) is 1.53. The van der Waals surface area contributed by atoms with Crippen molar-refractivity contribution in [2.24, 2.45) is 0 Å². The average Bonchev–Trinajstić information content (AvgIpc) is 3.17. The minimum absolute atomic E-state index is 0.0502. The molecule has 3 aromatic rings. The van der Waals surface area contributed by atoms with Crippen LogP contribution in [-0.4, -0.2) is 114 Å². The Kier molecular flexibility index (Phi) is 9.90. The molecule has 0 aliphatic carbocycles. The van der Waals surface area contributed by atoms with E-state index in [9.17, 15) is 29.4 Å². The number of nitrogens with zero attached hydrogens (tertiary/aromatic N) is 4. The smallest absolute Gasteiger partial charge is 0.407 e. The summed E-state index contributed by atoms with van der Waals surface area (Å²) in [7, 11) is 1.28. The van der Waals surface area contributed by atoms with Gasteiger partial charge in [0.1, 0.15) is 18.7 Å². The van der Waals surface area contributed by atoms with Crippen molar-refractivity contribution in [3.05, 3.63) is 70.2 Å². The number of rotatable bonds is 8. The molecule has 5 rings (SSSR count). The van der Waals surface area contributed by atoms with Crippen molar-refractivity contribution in [1.82, 2.24) is 20.0 Å². The van der Waals surface area contributed by atoms with Crippen molar-refractivity contribution in [2.45, 2.75) is 25.6 Å². The first-order chi connectivity index (χ1) is 21.6. The Hall–Kier alpha value is -4.20. The van der Waals surface area contributed by atoms with Gasteiger partial charge in [-0.05, 0) is 41.5 Å². The molecule has 2 aliphatic rings. The van der Waals surface area contributed by atoms with Crippen molar-refractivity contribution in [3.63, 3.8) is 0 Å². The number of amides is 4. The van der Waals surface area contributed by atoms with Gasteiger partial charge >= 0.3 is 6.09 Å². The van der Waals surface area contributed by atoms with E-state index in [4.69, 9.17) is 4.74 Å². The van der Waals surface area contributed by atoms with Gasteiger partial charge in [0.05, 0.1) is 24.4 Å². The second-order valence-corrected chi connectivity index (χ2v) is 12.0. The van der Waals surface area contributed by atoms with Crippen LogP contribution in [0.3, 0.4) is 0 Å². The monoisotopic (exact) mass is 681 g/mol. The summed E-state index contributed by atoms with van der Waals surface area (Å²) in [5, 5.41) is 23.2. The second-order valence-electron chi connectivity index (χ2n) is 11.1. The number of hydrogen-bond acceptors (Lipinski definition) is 7. The quantitative estimate of drug-likeness (QED) is 0.330. The van der Waals surface area contributed by atoms with E-state index in [0.717, 1.165) is 25.7 Å². The number of carbonyl (C=O) groups excluding carboxylic acids is 3. The van der Waals surface area contributed by atoms with Crippen LogP contribution in [0.5, 0.6) is 5.75 Å². The van der Waals surface area contributed by atoms with Crippen LogP contribution in [0.1, 0.15) is 22.8 Å². The van der Waals surface area contributed by atoms with Crippen LogP contribution >= 0.6 is 15.9 Å². The third kappa shape index (κ3) is 6.75. The number of para-hydroxylation sites is 1. The molecule has 0 spiro atoms. The number of fused-ring (bicyclic) bond motifs is 2. The zero-order valence-electron chi connectivity index (χ0n) is 25.1. The van der Waals surface area contributed by atoms with Gasteiger partial charge in [0.25, 0.3) is 11.8 Å². The predicted octanol–water partition coefficient (Wildman–Crippen LogP) is 2.76. The SMILES string of the molecule is C[C@@H](C(=O)N[C@H]1COc2c(C(=O)N3CCN(CCO)CC3)cccc2N(Cc2ccc(Br)c3ccccc23)C1=O)N(C)C(=O)O. The minimum Gasteiger partial charge on any atom is -0.488 e. The number of hydrogen-bond donors (Lipinski definition) is 3. The predicted molar refractivity (Wildman–Crippen MR) is 171 cm³/mol. The highest BCUT2D eigenvalue weighted by Crippen LogP contribution is 2.38. The summed E-state index contributed by atoms with van der Waals surface area (Å²) in [6.45, 7) is 4.10. The molecule has 1 fully saturated rings. The maximum absolute atomic E-state index is 14.2. The number of aliphatic hydroxyl groups excluding tert-OH is 1. The van der Waals surface area contributed by atoms with E-state index in [2.05, 4.69) is 26.1 Å². The van der Waals surface area contributed by atoms with Gasteiger partial charge in [-0.15, -0.1) is 0 Å². The summed E-state index contributed by atoms with van der Waals surface area (Å²) < 4.78 is 7.10. The number of β-amino-alcohol motifs (C(OH)–C–C–N with tert-alkyl or cyclic N) is 1. The molecule has 2 aliphatic heterocycles. The molecule has 4 amide bonds. The lowest BCUT2D eigenvalue weighted by atomic mass is 10.0. The van der Waals surface area contributed by atoms with Crippen LogP contribution in [0.25, 0.3) is 10.8 Å². The number of carboxylic acid groups (broad SMARTS) is 1. The van der Waals surface area contributed by atoms with Gasteiger partial charge in [-0.3, -0.25) is 24.2 Å². The van der Waals surface area contributed by atoms with Crippen molar-refractivity contribution < 1.29 is 34.1 Å². The van der Waals surface area contributed by atoms with E-state index >= 15 is 0 Å². The number of likely N-dealkylation sites (N-methyl/N-ethyl adjacent to an activating group) is 1. The molecule has 2 heterocycles. The molecular weight excluding hydrogens is 646 g/mol. The molecule has 3 aromatic carbocycles. The summed E-state index contributed by atoms with van der Waals surface area (Å²) in [6, 6.07) is 14.5. The number of ether oxygens (including phenoxy) is 1. The molecule has 1 saturated heterocycles. The van der Waals surface area contributed by atoms with Gasteiger partial charge < -0.3 is 30.1 Å². The molecule has 13 heteroatoms. The number of benzene rings is 3. The van der Waals surface area contributed by atoms with E-state index in [1.165, 1.54) is 18.9 Å². The highest BCUT2D eigenvalue weighted by Gasteiger charge is 2.37. The Balaban J connectivity index is 1.51. The fraction of sp³-hybridized carbons (Fsp3) is 0.375. The molecule has 0 saturated carbocycles. The standard InChI is InChI=1S/C32H36BrN5O7/c1-20(35(2)32(43)44)29(40)34-26-19-45-28-24(30(41)37-14-12-36(13-15-37)16-17-39)8-5-9-27(28)38(31(26)42)18-21-10-11-25(33)23-7-4-3-6-22(21)23/h3-11,20,26,39H,12-19H2,1-2H3,(H,34,40)(H,43,44)/t20-,26-/m0/s1. The molecule has 45 heavy (non-hydrogen) atoms. The number of anilines is 1. The fourth-order valence-corrected chi connectivity index (χ4v) is 6.10. The molecule has 0 radical (unpaired) electrons. The summed E-state index contributed by atoms with van der Waals surface area (Å²) in [6.07, 6.45) is -1.28. The van der Waals surface area contributed by atoms with Gasteiger partial charge in [0, 0.05) is 44.2 Å². The number of piperazine rings is 1. The van der Waals surface area contributed by atoms with Gasteiger partial charge in [-0.1, -0.05) is 52.3 Å². The third-order valence-corrected chi connectivity index (χ3v) is 9.11. The van der Waals surface area contributed by atoms with Crippen LogP contribution < -0.4 is 15.0 Å². The highest BCUT2D eigenvalue weighted by molar-refractivity contribution is 9.10. The summed E-state index contributed by atoms with van der Waals surface area (Å²) in [4.78, 5) is 58.8. The fourth-order valence-electron chi connectivity index (χ4n) is 5.62. The van der Waals surface area contributed by atoms with Crippen molar-refractivity contribution in [2.75, 3.05) is 57.9 Å².